The van der Waals surface area contributed by atoms with E-state index in [1.54, 1.807) is 19.2 Å². The third-order valence-electron chi connectivity index (χ3n) is 5.44. The van der Waals surface area contributed by atoms with Crippen LogP contribution in [-0.2, 0) is 17.2 Å². The quantitative estimate of drug-likeness (QED) is 0.604. The molecule has 3 aromatic rings. The number of hydrogen-bond donors (Lipinski definition) is 1. The van der Waals surface area contributed by atoms with E-state index in [0.717, 1.165) is 24.2 Å². The lowest BCUT2D eigenvalue weighted by Gasteiger charge is -2.15. The van der Waals surface area contributed by atoms with Gasteiger partial charge in [-0.3, -0.25) is 4.79 Å². The summed E-state index contributed by atoms with van der Waals surface area (Å²) in [6.45, 7) is 0.908. The standard InChI is InChI=1S/C22H23ClN4O2/c1-27-19(17-9-8-15(14-18(17)23)20(28)24-12-13-29-2)25-26-21(27)22(10-11-22)16-6-4-3-5-7-16/h3-9,14H,10-13H2,1-2H3,(H,24,28). The maximum atomic E-state index is 12.2. The number of carbonyl (C=O) groups excluding carboxylic acids is 1. The number of nitrogens with one attached hydrogen (secondary N) is 1. The molecule has 1 aliphatic rings. The molecule has 1 aromatic heterocycles. The van der Waals surface area contributed by atoms with Gasteiger partial charge in [0, 0.05) is 31.8 Å². The van der Waals surface area contributed by atoms with Crippen LogP contribution in [0.2, 0.25) is 5.02 Å². The van der Waals surface area contributed by atoms with Crippen LogP contribution in [0, 0.1) is 0 Å². The van der Waals surface area contributed by atoms with Gasteiger partial charge in [0.25, 0.3) is 5.91 Å². The van der Waals surface area contributed by atoms with E-state index < -0.39 is 0 Å². The van der Waals surface area contributed by atoms with Gasteiger partial charge in [-0.1, -0.05) is 41.9 Å². The largest absolute Gasteiger partial charge is 0.383 e. The van der Waals surface area contributed by atoms with Gasteiger partial charge in [0.2, 0.25) is 0 Å². The van der Waals surface area contributed by atoms with Gasteiger partial charge in [-0.25, -0.2) is 0 Å². The fourth-order valence-electron chi connectivity index (χ4n) is 3.71. The van der Waals surface area contributed by atoms with Crippen LogP contribution in [0.3, 0.4) is 0 Å². The highest BCUT2D eigenvalue weighted by molar-refractivity contribution is 6.33. The van der Waals surface area contributed by atoms with Crippen LogP contribution in [0.5, 0.6) is 0 Å². The van der Waals surface area contributed by atoms with Crippen molar-refractivity contribution in [3.8, 4) is 11.4 Å². The molecule has 1 amide bonds. The average Bonchev–Trinajstić information content (AvgIpc) is 3.45. The highest BCUT2D eigenvalue weighted by atomic mass is 35.5. The van der Waals surface area contributed by atoms with Crippen LogP contribution in [0.1, 0.15) is 34.6 Å². The molecular formula is C22H23ClN4O2. The number of benzene rings is 2. The van der Waals surface area contributed by atoms with Crippen molar-refractivity contribution in [2.45, 2.75) is 18.3 Å². The van der Waals surface area contributed by atoms with Crippen LogP contribution < -0.4 is 5.32 Å². The lowest BCUT2D eigenvalue weighted by Crippen LogP contribution is -2.26. The predicted molar refractivity (Wildman–Crippen MR) is 112 cm³/mol. The summed E-state index contributed by atoms with van der Waals surface area (Å²) < 4.78 is 6.96. The average molecular weight is 411 g/mol. The molecule has 0 saturated heterocycles. The maximum Gasteiger partial charge on any atom is 0.251 e. The second-order valence-electron chi connectivity index (χ2n) is 7.30. The van der Waals surface area contributed by atoms with Gasteiger partial charge in [0.05, 0.1) is 17.0 Å². The molecule has 1 aliphatic carbocycles. The van der Waals surface area contributed by atoms with E-state index in [-0.39, 0.29) is 11.3 Å². The van der Waals surface area contributed by atoms with Crippen LogP contribution in [0.25, 0.3) is 11.4 Å². The molecule has 6 nitrogen and oxygen atoms in total. The molecule has 0 bridgehead atoms. The number of carbonyl (C=O) groups is 1. The summed E-state index contributed by atoms with van der Waals surface area (Å²) >= 11 is 6.51. The number of ether oxygens (including phenoxy) is 1. The van der Waals surface area contributed by atoms with Gasteiger partial charge in [0.1, 0.15) is 5.82 Å². The van der Waals surface area contributed by atoms with E-state index >= 15 is 0 Å². The fourth-order valence-corrected chi connectivity index (χ4v) is 3.98. The Hall–Kier alpha value is -2.70. The van der Waals surface area contributed by atoms with Crippen molar-refractivity contribution in [2.24, 2.45) is 7.05 Å². The second-order valence-corrected chi connectivity index (χ2v) is 7.70. The molecule has 4 rings (SSSR count). The van der Waals surface area contributed by atoms with Gasteiger partial charge < -0.3 is 14.6 Å². The molecule has 0 spiro atoms. The number of methoxy groups -OCH3 is 1. The monoisotopic (exact) mass is 410 g/mol. The zero-order valence-electron chi connectivity index (χ0n) is 16.5. The number of hydrogen-bond acceptors (Lipinski definition) is 4. The second kappa shape index (κ2) is 7.97. The minimum atomic E-state index is -0.185. The van der Waals surface area contributed by atoms with E-state index in [1.807, 2.05) is 23.7 Å². The van der Waals surface area contributed by atoms with Crippen molar-refractivity contribution in [1.29, 1.82) is 0 Å². The first-order valence-electron chi connectivity index (χ1n) is 9.59. The Bertz CT molecular complexity index is 1030. The third kappa shape index (κ3) is 3.66. The van der Waals surface area contributed by atoms with E-state index in [4.69, 9.17) is 16.3 Å². The lowest BCUT2D eigenvalue weighted by atomic mass is 9.95. The van der Waals surface area contributed by atoms with Gasteiger partial charge in [0.15, 0.2) is 5.82 Å². The minimum Gasteiger partial charge on any atom is -0.383 e. The predicted octanol–water partition coefficient (Wildman–Crippen LogP) is 3.59. The molecule has 0 aliphatic heterocycles. The molecule has 150 valence electrons. The minimum absolute atomic E-state index is 0.0745. The van der Waals surface area contributed by atoms with E-state index in [0.29, 0.717) is 29.6 Å². The van der Waals surface area contributed by atoms with Gasteiger partial charge in [-0.05, 0) is 36.6 Å². The summed E-state index contributed by atoms with van der Waals surface area (Å²) in [7, 11) is 3.56. The molecule has 1 fully saturated rings. The number of aromatic nitrogens is 3. The number of nitrogens with zero attached hydrogens (tertiary/aromatic N) is 3. The summed E-state index contributed by atoms with van der Waals surface area (Å²) in [6.07, 6.45) is 2.11. The van der Waals surface area contributed by atoms with E-state index in [1.165, 1.54) is 5.56 Å². The number of rotatable bonds is 7. The van der Waals surface area contributed by atoms with Gasteiger partial charge in [-0.2, -0.15) is 0 Å². The van der Waals surface area contributed by atoms with Crippen molar-refractivity contribution in [3.63, 3.8) is 0 Å². The lowest BCUT2D eigenvalue weighted by molar-refractivity contribution is 0.0937. The Morgan fingerprint density at radius 1 is 1.21 bits per heavy atom. The molecular weight excluding hydrogens is 388 g/mol. The normalized spacial score (nSPS) is 14.6. The fraction of sp³-hybridized carbons (Fsp3) is 0.318. The first-order valence-corrected chi connectivity index (χ1v) is 9.97. The topological polar surface area (TPSA) is 69.0 Å². The number of amides is 1. The van der Waals surface area contributed by atoms with E-state index in [9.17, 15) is 4.79 Å². The van der Waals surface area contributed by atoms with Gasteiger partial charge in [-0.15, -0.1) is 10.2 Å². The highest BCUT2D eigenvalue weighted by Gasteiger charge is 2.49. The van der Waals surface area contributed by atoms with Gasteiger partial charge >= 0.3 is 0 Å². The summed E-state index contributed by atoms with van der Waals surface area (Å²) in [5.74, 6) is 1.45. The third-order valence-corrected chi connectivity index (χ3v) is 5.76. The Morgan fingerprint density at radius 2 is 1.97 bits per heavy atom. The zero-order chi connectivity index (χ0) is 20.4. The van der Waals surface area contributed by atoms with Crippen LogP contribution in [0.4, 0.5) is 0 Å². The molecule has 7 heteroatoms. The smallest absolute Gasteiger partial charge is 0.251 e. The summed E-state index contributed by atoms with van der Waals surface area (Å²) in [4.78, 5) is 12.2. The van der Waals surface area contributed by atoms with Crippen molar-refractivity contribution in [2.75, 3.05) is 20.3 Å². The molecule has 29 heavy (non-hydrogen) atoms. The molecule has 1 heterocycles. The number of halogens is 1. The molecule has 0 unspecified atom stereocenters. The van der Waals surface area contributed by atoms with Crippen molar-refractivity contribution >= 4 is 17.5 Å². The van der Waals surface area contributed by atoms with Crippen molar-refractivity contribution in [3.05, 3.63) is 70.5 Å². The SMILES string of the molecule is COCCNC(=O)c1ccc(-c2nnc(C3(c4ccccc4)CC3)n2C)c(Cl)c1. The van der Waals surface area contributed by atoms with E-state index in [2.05, 4.69) is 39.8 Å². The molecule has 1 saturated carbocycles. The Labute approximate surface area is 174 Å². The Kier molecular flexibility index (Phi) is 5.39. The van der Waals surface area contributed by atoms with Crippen molar-refractivity contribution < 1.29 is 9.53 Å². The molecule has 1 N–H and O–H groups in total. The summed E-state index contributed by atoms with van der Waals surface area (Å²) in [5, 5.41) is 12.2. The Morgan fingerprint density at radius 3 is 2.62 bits per heavy atom. The molecule has 0 atom stereocenters. The first-order chi connectivity index (χ1) is 14.1. The summed E-state index contributed by atoms with van der Waals surface area (Å²) in [6, 6.07) is 15.7. The first kappa shape index (κ1) is 19.6. The van der Waals surface area contributed by atoms with Crippen LogP contribution in [-0.4, -0.2) is 40.9 Å². The maximum absolute atomic E-state index is 12.2. The van der Waals surface area contributed by atoms with Crippen molar-refractivity contribution in [1.82, 2.24) is 20.1 Å². The van der Waals surface area contributed by atoms with Crippen LogP contribution in [0.15, 0.2) is 48.5 Å². The van der Waals surface area contributed by atoms with Crippen LogP contribution >= 0.6 is 11.6 Å². The highest BCUT2D eigenvalue weighted by Crippen LogP contribution is 2.53. The molecule has 2 aromatic carbocycles. The Balaban J connectivity index is 1.61. The summed E-state index contributed by atoms with van der Waals surface area (Å²) in [5.41, 5.74) is 2.44. The molecule has 0 radical (unpaired) electrons. The zero-order valence-corrected chi connectivity index (χ0v) is 17.2.